The number of hydrogen-bond acceptors (Lipinski definition) is 9. The molecule has 190 valence electrons. The molecule has 2 aromatic carbocycles. The molecule has 1 aliphatic rings. The number of fused-ring (bicyclic) bond motifs is 1. The van der Waals surface area contributed by atoms with Gasteiger partial charge in [-0.25, -0.2) is 13.4 Å². The minimum atomic E-state index is -3.63. The number of nitrogens with zero attached hydrogens (tertiary/aromatic N) is 5. The molecule has 0 saturated carbocycles. The molecule has 0 spiro atoms. The first-order chi connectivity index (χ1) is 17.7. The minimum Gasteiger partial charge on any atom is -0.400 e. The van der Waals surface area contributed by atoms with Gasteiger partial charge in [0.05, 0.1) is 27.4 Å². The number of carbonyl (C=O) groups excluding carboxylic acids is 1. The van der Waals surface area contributed by atoms with Gasteiger partial charge in [-0.2, -0.15) is 14.4 Å². The molecule has 0 N–H and O–H groups in total. The minimum absolute atomic E-state index is 0.0698. The molecule has 1 saturated heterocycles. The van der Waals surface area contributed by atoms with Gasteiger partial charge in [0.2, 0.25) is 15.2 Å². The van der Waals surface area contributed by atoms with Crippen molar-refractivity contribution in [2.75, 3.05) is 18.1 Å². The van der Waals surface area contributed by atoms with E-state index in [4.69, 9.17) is 4.42 Å². The maximum Gasteiger partial charge on any atom is 0.433 e. The van der Waals surface area contributed by atoms with Crippen LogP contribution in [0, 0.1) is 10.1 Å². The van der Waals surface area contributed by atoms with Crippen LogP contribution in [0.3, 0.4) is 0 Å². The maximum absolute atomic E-state index is 13.5. The zero-order valence-electron chi connectivity index (χ0n) is 19.0. The van der Waals surface area contributed by atoms with E-state index in [0.29, 0.717) is 18.6 Å². The van der Waals surface area contributed by atoms with Gasteiger partial charge >= 0.3 is 5.88 Å². The number of sulfonamides is 1. The topological polar surface area (TPSA) is 139 Å². The van der Waals surface area contributed by atoms with Gasteiger partial charge in [0.25, 0.3) is 5.91 Å². The smallest absolute Gasteiger partial charge is 0.400 e. The number of thiazole rings is 1. The number of carbonyl (C=O) groups is 1. The Morgan fingerprint density at radius 2 is 1.89 bits per heavy atom. The predicted molar refractivity (Wildman–Crippen MR) is 142 cm³/mol. The van der Waals surface area contributed by atoms with E-state index in [2.05, 4.69) is 26.0 Å². The van der Waals surface area contributed by atoms with Crippen molar-refractivity contribution < 1.29 is 22.6 Å². The van der Waals surface area contributed by atoms with Crippen molar-refractivity contribution in [3.63, 3.8) is 0 Å². The summed E-state index contributed by atoms with van der Waals surface area (Å²) >= 11 is 4.64. The fraction of sp³-hybridized carbons (Fsp3) is 0.174. The second kappa shape index (κ2) is 10.1. The van der Waals surface area contributed by atoms with Gasteiger partial charge in [-0.15, -0.1) is 0 Å². The normalized spacial score (nSPS) is 14.5. The maximum atomic E-state index is 13.5. The number of furan rings is 1. The van der Waals surface area contributed by atoms with Gasteiger partial charge < -0.3 is 4.42 Å². The van der Waals surface area contributed by atoms with E-state index in [0.717, 1.165) is 27.0 Å². The molecular formula is C23H18BrN5O6S2. The van der Waals surface area contributed by atoms with E-state index < -0.39 is 26.7 Å². The molecule has 1 amide bonds. The van der Waals surface area contributed by atoms with E-state index in [9.17, 15) is 23.3 Å². The van der Waals surface area contributed by atoms with Crippen LogP contribution in [0.25, 0.3) is 10.2 Å². The fourth-order valence-electron chi connectivity index (χ4n) is 3.76. The first kappa shape index (κ1) is 25.2. The van der Waals surface area contributed by atoms with Crippen molar-refractivity contribution in [3.05, 3.63) is 80.5 Å². The molecule has 5 rings (SSSR count). The number of anilines is 1. The summed E-state index contributed by atoms with van der Waals surface area (Å²) in [6.07, 6.45) is 2.82. The molecule has 4 aromatic rings. The van der Waals surface area contributed by atoms with Gasteiger partial charge in [-0.05, 0) is 61.4 Å². The SMILES string of the molecule is O=C(c1ccc(S(=O)(=O)N2CCCC2)cc1)N(/N=C/c1ccc([N+](=O)[O-])o1)c1nc2ccc(Br)cc2s1. The Bertz CT molecular complexity index is 1620. The molecule has 0 bridgehead atoms. The summed E-state index contributed by atoms with van der Waals surface area (Å²) in [7, 11) is -3.63. The van der Waals surface area contributed by atoms with Gasteiger partial charge in [-0.3, -0.25) is 14.9 Å². The number of hydrogen-bond donors (Lipinski definition) is 0. The van der Waals surface area contributed by atoms with Crippen LogP contribution < -0.4 is 5.01 Å². The third-order valence-corrected chi connectivity index (χ3v) is 9.01. The van der Waals surface area contributed by atoms with Gasteiger partial charge in [-0.1, -0.05) is 27.3 Å². The second-order valence-corrected chi connectivity index (χ2v) is 11.9. The van der Waals surface area contributed by atoms with Crippen molar-refractivity contribution in [1.29, 1.82) is 0 Å². The number of benzene rings is 2. The summed E-state index contributed by atoms with van der Waals surface area (Å²) in [5, 5.41) is 16.4. The van der Waals surface area contributed by atoms with E-state index in [-0.39, 0.29) is 21.4 Å². The summed E-state index contributed by atoms with van der Waals surface area (Å²) in [6, 6.07) is 13.7. The van der Waals surface area contributed by atoms with Crippen molar-refractivity contribution in [1.82, 2.24) is 9.29 Å². The van der Waals surface area contributed by atoms with Crippen LogP contribution in [-0.4, -0.2) is 47.8 Å². The molecular weight excluding hydrogens is 586 g/mol. The molecule has 37 heavy (non-hydrogen) atoms. The summed E-state index contributed by atoms with van der Waals surface area (Å²) in [5.74, 6) is -0.958. The van der Waals surface area contributed by atoms with Crippen molar-refractivity contribution in [2.45, 2.75) is 17.7 Å². The van der Waals surface area contributed by atoms with Gasteiger partial charge in [0.15, 0.2) is 5.76 Å². The van der Waals surface area contributed by atoms with Crippen LogP contribution in [0.2, 0.25) is 0 Å². The van der Waals surface area contributed by atoms with Crippen molar-refractivity contribution in [3.8, 4) is 0 Å². The van der Waals surface area contributed by atoms with Crippen LogP contribution >= 0.6 is 27.3 Å². The van der Waals surface area contributed by atoms with E-state index >= 15 is 0 Å². The quantitative estimate of drug-likeness (QED) is 0.164. The molecule has 0 aliphatic carbocycles. The van der Waals surface area contributed by atoms with Crippen LogP contribution in [0.5, 0.6) is 0 Å². The highest BCUT2D eigenvalue weighted by Gasteiger charge is 2.28. The summed E-state index contributed by atoms with van der Waals surface area (Å²) in [6.45, 7) is 0.953. The molecule has 1 fully saturated rings. The molecule has 3 heterocycles. The molecule has 1 aliphatic heterocycles. The van der Waals surface area contributed by atoms with Crippen LogP contribution in [0.4, 0.5) is 11.0 Å². The monoisotopic (exact) mass is 603 g/mol. The van der Waals surface area contributed by atoms with Crippen LogP contribution in [-0.2, 0) is 10.0 Å². The molecule has 0 atom stereocenters. The lowest BCUT2D eigenvalue weighted by Crippen LogP contribution is -2.28. The van der Waals surface area contributed by atoms with E-state index in [1.807, 2.05) is 12.1 Å². The number of amides is 1. The second-order valence-electron chi connectivity index (χ2n) is 8.04. The Labute approximate surface area is 223 Å². The largest absolute Gasteiger partial charge is 0.433 e. The number of nitro groups is 1. The Morgan fingerprint density at radius 1 is 1.16 bits per heavy atom. The average molecular weight is 604 g/mol. The molecule has 11 nitrogen and oxygen atoms in total. The molecule has 0 radical (unpaired) electrons. The summed E-state index contributed by atoms with van der Waals surface area (Å²) in [4.78, 5) is 28.4. The Balaban J connectivity index is 1.49. The van der Waals surface area contributed by atoms with E-state index in [1.54, 1.807) is 6.07 Å². The lowest BCUT2D eigenvalue weighted by Gasteiger charge is -2.16. The standard InChI is InChI=1S/C23H18BrN5O6S2/c24-16-5-9-19-20(13-16)36-23(26-19)28(25-14-17-6-10-21(35-17)29(31)32)22(30)15-3-7-18(8-4-15)37(33,34)27-11-1-2-12-27/h3-10,13-14H,1-2,11-12H2/b25-14+. The zero-order chi connectivity index (χ0) is 26.2. The first-order valence-electron chi connectivity index (χ1n) is 11.0. The average Bonchev–Trinajstić information content (AvgIpc) is 3.65. The molecule has 0 unspecified atom stereocenters. The first-order valence-corrected chi connectivity index (χ1v) is 14.1. The summed E-state index contributed by atoms with van der Waals surface area (Å²) in [5.41, 5.74) is 0.834. The van der Waals surface area contributed by atoms with Gasteiger partial charge in [0, 0.05) is 23.1 Å². The summed E-state index contributed by atoms with van der Waals surface area (Å²) < 4.78 is 33.9. The lowest BCUT2D eigenvalue weighted by molar-refractivity contribution is -0.402. The number of aromatic nitrogens is 1. The molecule has 2 aromatic heterocycles. The van der Waals surface area contributed by atoms with Crippen molar-refractivity contribution >= 4 is 70.6 Å². The number of hydrazone groups is 1. The third kappa shape index (κ3) is 5.18. The highest BCUT2D eigenvalue weighted by Crippen LogP contribution is 2.32. The van der Waals surface area contributed by atoms with E-state index in [1.165, 1.54) is 58.3 Å². The van der Waals surface area contributed by atoms with Gasteiger partial charge in [0.1, 0.15) is 4.92 Å². The van der Waals surface area contributed by atoms with Crippen LogP contribution in [0.15, 0.2) is 73.5 Å². The lowest BCUT2D eigenvalue weighted by atomic mass is 10.2. The highest BCUT2D eigenvalue weighted by molar-refractivity contribution is 9.10. The fourth-order valence-corrected chi connectivity index (χ4v) is 6.75. The third-order valence-electron chi connectivity index (χ3n) is 5.61. The predicted octanol–water partition coefficient (Wildman–Crippen LogP) is 5.03. The Kier molecular flexibility index (Phi) is 6.90. The van der Waals surface area contributed by atoms with Crippen LogP contribution in [0.1, 0.15) is 29.0 Å². The Morgan fingerprint density at radius 3 is 2.57 bits per heavy atom. The number of rotatable bonds is 7. The van der Waals surface area contributed by atoms with Crippen molar-refractivity contribution in [2.24, 2.45) is 5.10 Å². The zero-order valence-corrected chi connectivity index (χ0v) is 22.2. The Hall–Kier alpha value is -3.46. The number of halogens is 1. The molecule has 14 heteroatoms. The highest BCUT2D eigenvalue weighted by atomic mass is 79.9.